The smallest absolute Gasteiger partial charge is 0.205 e. The molecular weight excluding hydrogens is 188 g/mol. The van der Waals surface area contributed by atoms with Gasteiger partial charge in [-0.3, -0.25) is 0 Å². The van der Waals surface area contributed by atoms with E-state index in [0.717, 1.165) is 38.0 Å². The first-order chi connectivity index (χ1) is 7.35. The number of nitrogens with one attached hydrogen (secondary N) is 1. The van der Waals surface area contributed by atoms with Gasteiger partial charge in [-0.1, -0.05) is 0 Å². The Balaban J connectivity index is 2.01. The molecule has 1 atom stereocenters. The Hall–Kier alpha value is -1.03. The van der Waals surface area contributed by atoms with E-state index in [0.29, 0.717) is 0 Å². The molecule has 1 aromatic heterocycles. The summed E-state index contributed by atoms with van der Waals surface area (Å²) < 4.78 is 2.21. The van der Waals surface area contributed by atoms with Crippen molar-refractivity contribution in [2.45, 2.75) is 19.9 Å². The van der Waals surface area contributed by atoms with E-state index >= 15 is 0 Å². The van der Waals surface area contributed by atoms with Gasteiger partial charge in [-0.05, 0) is 32.9 Å². The second kappa shape index (κ2) is 4.66. The molecule has 0 spiro atoms. The van der Waals surface area contributed by atoms with Crippen molar-refractivity contribution in [3.63, 3.8) is 0 Å². The molecule has 0 aromatic carbocycles. The molecule has 2 rings (SSSR count). The third-order valence-corrected chi connectivity index (χ3v) is 3.10. The number of aryl methyl sites for hydroxylation is 1. The van der Waals surface area contributed by atoms with Gasteiger partial charge in [-0.25, -0.2) is 4.98 Å². The van der Waals surface area contributed by atoms with Crippen LogP contribution >= 0.6 is 0 Å². The maximum Gasteiger partial charge on any atom is 0.205 e. The van der Waals surface area contributed by atoms with Crippen LogP contribution in [0.5, 0.6) is 0 Å². The molecule has 1 aliphatic heterocycles. The molecule has 1 aliphatic rings. The number of imidazole rings is 1. The van der Waals surface area contributed by atoms with E-state index in [1.807, 2.05) is 13.2 Å². The lowest BCUT2D eigenvalue weighted by molar-refractivity contribution is 0.547. The summed E-state index contributed by atoms with van der Waals surface area (Å²) in [6.07, 6.45) is 5.22. The van der Waals surface area contributed by atoms with Crippen molar-refractivity contribution in [3.8, 4) is 0 Å². The van der Waals surface area contributed by atoms with Gasteiger partial charge in [0.2, 0.25) is 5.95 Å². The molecule has 0 saturated carbocycles. The number of hydrogen-bond acceptors (Lipinski definition) is 3. The van der Waals surface area contributed by atoms with E-state index in [1.54, 1.807) is 0 Å². The molecule has 1 fully saturated rings. The quantitative estimate of drug-likeness (QED) is 0.799. The Kier molecular flexibility index (Phi) is 3.26. The number of nitrogens with zero attached hydrogens (tertiary/aromatic N) is 3. The maximum absolute atomic E-state index is 4.43. The Morgan fingerprint density at radius 3 is 3.20 bits per heavy atom. The highest BCUT2D eigenvalue weighted by Gasteiger charge is 2.24. The van der Waals surface area contributed by atoms with Gasteiger partial charge >= 0.3 is 0 Å². The van der Waals surface area contributed by atoms with E-state index in [-0.39, 0.29) is 0 Å². The molecule has 84 valence electrons. The normalized spacial score (nSPS) is 21.2. The molecule has 15 heavy (non-hydrogen) atoms. The van der Waals surface area contributed by atoms with Gasteiger partial charge in [0.1, 0.15) is 0 Å². The van der Waals surface area contributed by atoms with Gasteiger partial charge in [-0.2, -0.15) is 0 Å². The average molecular weight is 208 g/mol. The fourth-order valence-corrected chi connectivity index (χ4v) is 2.30. The summed E-state index contributed by atoms with van der Waals surface area (Å²) in [5, 5.41) is 3.25. The SMILES string of the molecule is CCn1ccnc1N1CCC(CNC)C1. The summed E-state index contributed by atoms with van der Waals surface area (Å²) >= 11 is 0. The largest absolute Gasteiger partial charge is 0.342 e. The minimum absolute atomic E-state index is 0.775. The number of anilines is 1. The molecule has 4 nitrogen and oxygen atoms in total. The van der Waals surface area contributed by atoms with Crippen LogP contribution in [0.3, 0.4) is 0 Å². The lowest BCUT2D eigenvalue weighted by Crippen LogP contribution is -2.26. The van der Waals surface area contributed by atoms with Crippen molar-refractivity contribution in [1.82, 2.24) is 14.9 Å². The fraction of sp³-hybridized carbons (Fsp3) is 0.727. The third-order valence-electron chi connectivity index (χ3n) is 3.10. The van der Waals surface area contributed by atoms with Gasteiger partial charge in [0.15, 0.2) is 0 Å². The van der Waals surface area contributed by atoms with Crippen LogP contribution in [-0.2, 0) is 6.54 Å². The summed E-state index contributed by atoms with van der Waals surface area (Å²) in [4.78, 5) is 6.83. The highest BCUT2D eigenvalue weighted by Crippen LogP contribution is 2.21. The summed E-state index contributed by atoms with van der Waals surface area (Å²) in [5.41, 5.74) is 0. The highest BCUT2D eigenvalue weighted by atomic mass is 15.3. The first-order valence-electron chi connectivity index (χ1n) is 5.75. The topological polar surface area (TPSA) is 33.1 Å². The Morgan fingerprint density at radius 1 is 1.60 bits per heavy atom. The first-order valence-corrected chi connectivity index (χ1v) is 5.75. The van der Waals surface area contributed by atoms with Gasteiger partial charge in [-0.15, -0.1) is 0 Å². The molecule has 1 unspecified atom stereocenters. The van der Waals surface area contributed by atoms with Crippen LogP contribution in [0.1, 0.15) is 13.3 Å². The molecule has 0 bridgehead atoms. The van der Waals surface area contributed by atoms with Crippen LogP contribution in [-0.4, -0.2) is 36.2 Å². The summed E-state index contributed by atoms with van der Waals surface area (Å²) in [5.74, 6) is 1.91. The van der Waals surface area contributed by atoms with Crippen molar-refractivity contribution < 1.29 is 0 Å². The zero-order valence-corrected chi connectivity index (χ0v) is 9.61. The van der Waals surface area contributed by atoms with Crippen LogP contribution in [0.4, 0.5) is 5.95 Å². The van der Waals surface area contributed by atoms with E-state index < -0.39 is 0 Å². The van der Waals surface area contributed by atoms with E-state index in [9.17, 15) is 0 Å². The van der Waals surface area contributed by atoms with Gasteiger partial charge in [0, 0.05) is 32.0 Å². The lowest BCUT2D eigenvalue weighted by atomic mass is 10.1. The number of hydrogen-bond donors (Lipinski definition) is 1. The summed E-state index contributed by atoms with van der Waals surface area (Å²) in [6, 6.07) is 0. The summed E-state index contributed by atoms with van der Waals surface area (Å²) in [7, 11) is 2.02. The number of aromatic nitrogens is 2. The molecule has 0 amide bonds. The zero-order chi connectivity index (χ0) is 10.7. The Morgan fingerprint density at radius 2 is 2.47 bits per heavy atom. The zero-order valence-electron chi connectivity index (χ0n) is 9.61. The van der Waals surface area contributed by atoms with E-state index in [4.69, 9.17) is 0 Å². The Labute approximate surface area is 91.3 Å². The lowest BCUT2D eigenvalue weighted by Gasteiger charge is -2.18. The molecule has 1 N–H and O–H groups in total. The van der Waals surface area contributed by atoms with Gasteiger partial charge in [0.25, 0.3) is 0 Å². The summed E-state index contributed by atoms with van der Waals surface area (Å²) in [6.45, 7) is 6.55. The molecular formula is C11H20N4. The average Bonchev–Trinajstić information content (AvgIpc) is 2.84. The first kappa shape index (κ1) is 10.5. The molecule has 1 saturated heterocycles. The Bertz CT molecular complexity index is 307. The van der Waals surface area contributed by atoms with Crippen molar-refractivity contribution in [2.75, 3.05) is 31.6 Å². The highest BCUT2D eigenvalue weighted by molar-refractivity contribution is 5.33. The number of rotatable bonds is 4. The van der Waals surface area contributed by atoms with Gasteiger partial charge < -0.3 is 14.8 Å². The molecule has 2 heterocycles. The fourth-order valence-electron chi connectivity index (χ4n) is 2.30. The molecule has 1 aromatic rings. The van der Waals surface area contributed by atoms with Crippen LogP contribution in [0.2, 0.25) is 0 Å². The standard InChI is InChI=1S/C11H20N4/c1-3-14-7-5-13-11(14)15-6-4-10(9-15)8-12-2/h5,7,10,12H,3-4,6,8-9H2,1-2H3. The van der Waals surface area contributed by atoms with Crippen molar-refractivity contribution in [3.05, 3.63) is 12.4 Å². The molecule has 0 radical (unpaired) electrons. The predicted octanol–water partition coefficient (Wildman–Crippen LogP) is 0.949. The second-order valence-corrected chi connectivity index (χ2v) is 4.17. The van der Waals surface area contributed by atoms with E-state index in [1.165, 1.54) is 6.42 Å². The third kappa shape index (κ3) is 2.15. The van der Waals surface area contributed by atoms with Crippen molar-refractivity contribution >= 4 is 5.95 Å². The molecule has 4 heteroatoms. The van der Waals surface area contributed by atoms with Crippen LogP contribution in [0.25, 0.3) is 0 Å². The van der Waals surface area contributed by atoms with Crippen LogP contribution in [0, 0.1) is 5.92 Å². The second-order valence-electron chi connectivity index (χ2n) is 4.17. The molecule has 0 aliphatic carbocycles. The van der Waals surface area contributed by atoms with E-state index in [2.05, 4.69) is 32.9 Å². The van der Waals surface area contributed by atoms with Crippen molar-refractivity contribution in [1.29, 1.82) is 0 Å². The monoisotopic (exact) mass is 208 g/mol. The maximum atomic E-state index is 4.43. The van der Waals surface area contributed by atoms with Crippen LogP contribution in [0.15, 0.2) is 12.4 Å². The van der Waals surface area contributed by atoms with Crippen LogP contribution < -0.4 is 10.2 Å². The van der Waals surface area contributed by atoms with Gasteiger partial charge in [0.05, 0.1) is 0 Å². The minimum atomic E-state index is 0.775. The predicted molar refractivity (Wildman–Crippen MR) is 62.1 cm³/mol. The minimum Gasteiger partial charge on any atom is -0.342 e. The van der Waals surface area contributed by atoms with Crippen molar-refractivity contribution in [2.24, 2.45) is 5.92 Å².